The van der Waals surface area contributed by atoms with Gasteiger partial charge in [0.1, 0.15) is 12.2 Å². The summed E-state index contributed by atoms with van der Waals surface area (Å²) in [5.74, 6) is -1.25. The van der Waals surface area contributed by atoms with E-state index in [9.17, 15) is 14.4 Å². The first-order chi connectivity index (χ1) is 13.4. The second-order valence-electron chi connectivity index (χ2n) is 7.24. The van der Waals surface area contributed by atoms with Crippen LogP contribution in [0.4, 0.5) is 0 Å². The van der Waals surface area contributed by atoms with Gasteiger partial charge >= 0.3 is 5.97 Å². The number of likely N-dealkylation sites (tertiary alicyclic amines) is 1. The van der Waals surface area contributed by atoms with Crippen molar-refractivity contribution >= 4 is 17.8 Å². The molecule has 2 heterocycles. The maximum absolute atomic E-state index is 12.8. The number of aliphatic carboxylic acids is 1. The summed E-state index contributed by atoms with van der Waals surface area (Å²) in [5, 5.41) is 19.2. The zero-order valence-electron chi connectivity index (χ0n) is 15.7. The summed E-state index contributed by atoms with van der Waals surface area (Å²) in [4.78, 5) is 37.9. The molecule has 1 aromatic heterocycles. The number of aromatic nitrogens is 3. The standard InChI is InChI=1S/C19H23N5O4/c1-19(18(28)20-10-15-11-24(22-21-15)12-16(25)26)8-5-9-23(13-19)17(27)14-6-3-2-4-7-14/h2-4,6-7,11H,5,8-10,12-13H2,1H3,(H,20,28)(H,25,26). The summed E-state index contributed by atoms with van der Waals surface area (Å²) < 4.78 is 1.20. The predicted octanol–water partition coefficient (Wildman–Crippen LogP) is 0.921. The number of carboxylic acid groups (broad SMARTS) is 1. The van der Waals surface area contributed by atoms with Gasteiger partial charge in [0.25, 0.3) is 5.91 Å². The lowest BCUT2D eigenvalue weighted by molar-refractivity contribution is -0.138. The Bertz CT molecular complexity index is 866. The van der Waals surface area contributed by atoms with Gasteiger partial charge in [0, 0.05) is 18.7 Å². The molecule has 0 saturated carbocycles. The highest BCUT2D eigenvalue weighted by Gasteiger charge is 2.39. The number of benzene rings is 1. The molecule has 0 aliphatic carbocycles. The lowest BCUT2D eigenvalue weighted by atomic mass is 9.80. The zero-order valence-corrected chi connectivity index (χ0v) is 15.7. The van der Waals surface area contributed by atoms with E-state index in [-0.39, 0.29) is 24.9 Å². The lowest BCUT2D eigenvalue weighted by Gasteiger charge is -2.39. The minimum Gasteiger partial charge on any atom is -0.480 e. The molecule has 0 spiro atoms. The maximum atomic E-state index is 12.8. The van der Waals surface area contributed by atoms with E-state index in [0.29, 0.717) is 30.8 Å². The number of carbonyl (C=O) groups excluding carboxylic acids is 2. The number of nitrogens with one attached hydrogen (secondary N) is 1. The first-order valence-electron chi connectivity index (χ1n) is 9.11. The summed E-state index contributed by atoms with van der Waals surface area (Å²) in [6.45, 7) is 2.70. The largest absolute Gasteiger partial charge is 0.480 e. The van der Waals surface area contributed by atoms with Crippen molar-refractivity contribution < 1.29 is 19.5 Å². The van der Waals surface area contributed by atoms with Gasteiger partial charge in [-0.15, -0.1) is 5.10 Å². The number of carboxylic acids is 1. The monoisotopic (exact) mass is 385 g/mol. The van der Waals surface area contributed by atoms with E-state index >= 15 is 0 Å². The van der Waals surface area contributed by atoms with Gasteiger partial charge in [0.15, 0.2) is 0 Å². The van der Waals surface area contributed by atoms with E-state index in [4.69, 9.17) is 5.11 Å². The summed E-state index contributed by atoms with van der Waals surface area (Å²) in [5.41, 5.74) is 0.396. The van der Waals surface area contributed by atoms with Crippen molar-refractivity contribution in [3.63, 3.8) is 0 Å². The number of rotatable bonds is 6. The third-order valence-corrected chi connectivity index (χ3v) is 4.87. The molecule has 28 heavy (non-hydrogen) atoms. The SMILES string of the molecule is CC1(C(=O)NCc2cn(CC(=O)O)nn2)CCCN(C(=O)c2ccccc2)C1. The minimum atomic E-state index is -1.02. The van der Waals surface area contributed by atoms with E-state index in [1.807, 2.05) is 25.1 Å². The van der Waals surface area contributed by atoms with Crippen molar-refractivity contribution in [3.8, 4) is 0 Å². The number of nitrogens with zero attached hydrogens (tertiary/aromatic N) is 4. The Kier molecular flexibility index (Phi) is 5.72. The summed E-state index contributed by atoms with van der Waals surface area (Å²) in [6, 6.07) is 9.04. The first-order valence-corrected chi connectivity index (χ1v) is 9.11. The molecular weight excluding hydrogens is 362 g/mol. The molecule has 0 radical (unpaired) electrons. The molecule has 9 nitrogen and oxygen atoms in total. The topological polar surface area (TPSA) is 117 Å². The van der Waals surface area contributed by atoms with E-state index in [1.165, 1.54) is 10.9 Å². The van der Waals surface area contributed by atoms with Crippen molar-refractivity contribution in [2.24, 2.45) is 5.41 Å². The quantitative estimate of drug-likeness (QED) is 0.764. The molecule has 1 fully saturated rings. The van der Waals surface area contributed by atoms with Gasteiger partial charge in [-0.25, -0.2) is 4.68 Å². The number of hydrogen-bond acceptors (Lipinski definition) is 5. The van der Waals surface area contributed by atoms with Crippen LogP contribution < -0.4 is 5.32 Å². The molecular formula is C19H23N5O4. The highest BCUT2D eigenvalue weighted by Crippen LogP contribution is 2.30. The van der Waals surface area contributed by atoms with Crippen molar-refractivity contribution in [3.05, 3.63) is 47.8 Å². The van der Waals surface area contributed by atoms with E-state index in [0.717, 1.165) is 6.42 Å². The van der Waals surface area contributed by atoms with Crippen LogP contribution in [0.2, 0.25) is 0 Å². The fourth-order valence-electron chi connectivity index (χ4n) is 3.38. The highest BCUT2D eigenvalue weighted by molar-refractivity contribution is 5.95. The molecule has 1 aromatic carbocycles. The fraction of sp³-hybridized carbons (Fsp3) is 0.421. The Morgan fingerprint density at radius 2 is 2.00 bits per heavy atom. The van der Waals surface area contributed by atoms with Gasteiger partial charge in [-0.05, 0) is 31.9 Å². The predicted molar refractivity (Wildman–Crippen MR) is 99.2 cm³/mol. The Labute approximate surface area is 162 Å². The Balaban J connectivity index is 1.60. The van der Waals surface area contributed by atoms with Gasteiger partial charge < -0.3 is 15.3 Å². The Hall–Kier alpha value is -3.23. The summed E-state index contributed by atoms with van der Waals surface area (Å²) >= 11 is 0. The van der Waals surface area contributed by atoms with Crippen molar-refractivity contribution in [1.29, 1.82) is 0 Å². The molecule has 1 atom stereocenters. The summed E-state index contributed by atoms with van der Waals surface area (Å²) in [7, 11) is 0. The third kappa shape index (κ3) is 4.54. The average Bonchev–Trinajstić information content (AvgIpc) is 3.12. The van der Waals surface area contributed by atoms with Crippen LogP contribution in [0.15, 0.2) is 36.5 Å². The van der Waals surface area contributed by atoms with Crippen molar-refractivity contribution in [2.45, 2.75) is 32.9 Å². The Morgan fingerprint density at radius 1 is 1.25 bits per heavy atom. The maximum Gasteiger partial charge on any atom is 0.325 e. The van der Waals surface area contributed by atoms with E-state index in [2.05, 4.69) is 15.6 Å². The number of amides is 2. The first kappa shape index (κ1) is 19.5. The van der Waals surface area contributed by atoms with Crippen LogP contribution in [-0.4, -0.2) is 55.9 Å². The zero-order chi connectivity index (χ0) is 20.1. The number of carbonyl (C=O) groups is 3. The second kappa shape index (κ2) is 8.20. The molecule has 0 bridgehead atoms. The number of hydrogen-bond donors (Lipinski definition) is 2. The molecule has 148 valence electrons. The Morgan fingerprint density at radius 3 is 2.71 bits per heavy atom. The molecule has 1 aliphatic heterocycles. The molecule has 2 amide bonds. The van der Waals surface area contributed by atoms with Crippen LogP contribution >= 0.6 is 0 Å². The molecule has 1 aliphatic rings. The fourth-order valence-corrected chi connectivity index (χ4v) is 3.38. The van der Waals surface area contributed by atoms with Gasteiger partial charge in [-0.1, -0.05) is 23.4 Å². The molecule has 1 saturated heterocycles. The van der Waals surface area contributed by atoms with Gasteiger partial charge in [-0.2, -0.15) is 0 Å². The van der Waals surface area contributed by atoms with Gasteiger partial charge in [0.2, 0.25) is 5.91 Å². The second-order valence-corrected chi connectivity index (χ2v) is 7.24. The van der Waals surface area contributed by atoms with Crippen molar-refractivity contribution in [2.75, 3.05) is 13.1 Å². The third-order valence-electron chi connectivity index (χ3n) is 4.87. The molecule has 3 rings (SSSR count). The molecule has 2 N–H and O–H groups in total. The van der Waals surface area contributed by atoms with Crippen LogP contribution in [0.25, 0.3) is 0 Å². The summed E-state index contributed by atoms with van der Waals surface area (Å²) in [6.07, 6.45) is 2.92. The van der Waals surface area contributed by atoms with Crippen LogP contribution in [0.5, 0.6) is 0 Å². The molecule has 1 unspecified atom stereocenters. The normalized spacial score (nSPS) is 19.2. The van der Waals surface area contributed by atoms with Gasteiger partial charge in [-0.3, -0.25) is 14.4 Å². The van der Waals surface area contributed by atoms with Crippen LogP contribution in [0.3, 0.4) is 0 Å². The van der Waals surface area contributed by atoms with Crippen molar-refractivity contribution in [1.82, 2.24) is 25.2 Å². The average molecular weight is 385 g/mol. The minimum absolute atomic E-state index is 0.0732. The van der Waals surface area contributed by atoms with Crippen LogP contribution in [0, 0.1) is 5.41 Å². The molecule has 9 heteroatoms. The van der Waals surface area contributed by atoms with Gasteiger partial charge in [0.05, 0.1) is 18.2 Å². The van der Waals surface area contributed by atoms with Crippen LogP contribution in [0.1, 0.15) is 35.8 Å². The van der Waals surface area contributed by atoms with E-state index in [1.54, 1.807) is 17.0 Å². The molecule has 2 aromatic rings. The van der Waals surface area contributed by atoms with E-state index < -0.39 is 11.4 Å². The lowest BCUT2D eigenvalue weighted by Crippen LogP contribution is -2.51. The number of piperidine rings is 1. The smallest absolute Gasteiger partial charge is 0.325 e. The highest BCUT2D eigenvalue weighted by atomic mass is 16.4. The van der Waals surface area contributed by atoms with Crippen LogP contribution in [-0.2, 0) is 22.7 Å².